The second kappa shape index (κ2) is 5.77. The van der Waals surface area contributed by atoms with Gasteiger partial charge >= 0.3 is 6.36 Å². The van der Waals surface area contributed by atoms with Gasteiger partial charge in [-0.05, 0) is 29.9 Å². The van der Waals surface area contributed by atoms with Gasteiger partial charge in [0.1, 0.15) is 7.67 Å². The number of hydrogen-bond acceptors (Lipinski definition) is 5. The van der Waals surface area contributed by atoms with E-state index in [1.54, 1.807) is 6.07 Å². The Bertz CT molecular complexity index is 777. The van der Waals surface area contributed by atoms with E-state index in [2.05, 4.69) is 24.9 Å². The van der Waals surface area contributed by atoms with Gasteiger partial charge in [-0.1, -0.05) is 11.6 Å². The molecule has 2 aromatic rings. The second-order valence-electron chi connectivity index (χ2n) is 4.83. The van der Waals surface area contributed by atoms with Gasteiger partial charge in [-0.3, -0.25) is 4.74 Å². The normalized spacial score (nSPS) is 22.2. The summed E-state index contributed by atoms with van der Waals surface area (Å²) in [5.74, 6) is -0.511. The van der Waals surface area contributed by atoms with Gasteiger partial charge in [0.25, 0.3) is 0 Å². The molecule has 1 aliphatic rings. The summed E-state index contributed by atoms with van der Waals surface area (Å²) in [5.41, 5.74) is 1.09. The van der Waals surface area contributed by atoms with Crippen molar-refractivity contribution in [3.8, 4) is 11.3 Å². The molecule has 0 amide bonds. The Hall–Kier alpha value is -1.80. The Kier molecular flexibility index (Phi) is 3.33. The number of aromatic nitrogens is 4. The lowest BCUT2D eigenvalue weighted by Gasteiger charge is -2.08. The molecule has 0 aliphatic heterocycles. The molecule has 0 radical (unpaired) electrons. The topological polar surface area (TPSA) is 60.8 Å². The van der Waals surface area contributed by atoms with Crippen LogP contribution in [0.5, 0.6) is 0 Å². The number of halogens is 4. The van der Waals surface area contributed by atoms with Crippen LogP contribution < -0.4 is 0 Å². The molecule has 0 bridgehead atoms. The van der Waals surface area contributed by atoms with Gasteiger partial charge in [0, 0.05) is 17.9 Å². The molecule has 22 heavy (non-hydrogen) atoms. The van der Waals surface area contributed by atoms with Crippen LogP contribution in [0.4, 0.5) is 13.2 Å². The number of nitrogens with zero attached hydrogens (tertiary/aromatic N) is 4. The fraction of sp³-hybridized carbons (Fsp3) is 0.385. The predicted octanol–water partition coefficient (Wildman–Crippen LogP) is 3.23. The number of hydrogen-bond donors (Lipinski definition) is 0. The summed E-state index contributed by atoms with van der Waals surface area (Å²) in [6, 6.07) is 1.56. The Labute approximate surface area is 131 Å². The van der Waals surface area contributed by atoms with E-state index < -0.39 is 13.0 Å². The zero-order valence-corrected chi connectivity index (χ0v) is 11.7. The van der Waals surface area contributed by atoms with Crippen molar-refractivity contribution in [2.24, 2.45) is 5.92 Å². The summed E-state index contributed by atoms with van der Waals surface area (Å²) in [4.78, 5) is 7.30. The van der Waals surface area contributed by atoms with Crippen molar-refractivity contribution >= 4 is 11.6 Å². The SMILES string of the molecule is [2H]c1ncc(-c2cc([C@@H]3C[C@H]3COC(F)(F)F)c(Cl)nn2)c([2H])n1. The van der Waals surface area contributed by atoms with Crippen LogP contribution >= 0.6 is 11.6 Å². The molecule has 1 fully saturated rings. The monoisotopic (exact) mass is 332 g/mol. The Morgan fingerprint density at radius 1 is 1.36 bits per heavy atom. The molecule has 1 saturated carbocycles. The number of rotatable bonds is 4. The van der Waals surface area contributed by atoms with Crippen LogP contribution in [-0.2, 0) is 4.74 Å². The molecule has 2 atom stereocenters. The molecule has 3 rings (SSSR count). The van der Waals surface area contributed by atoms with E-state index in [1.807, 2.05) is 0 Å². The maximum atomic E-state index is 12.1. The lowest BCUT2D eigenvalue weighted by Crippen LogP contribution is -2.15. The first-order valence-corrected chi connectivity index (χ1v) is 6.67. The summed E-state index contributed by atoms with van der Waals surface area (Å²) in [6.07, 6.45) is -3.37. The van der Waals surface area contributed by atoms with Gasteiger partial charge < -0.3 is 0 Å². The van der Waals surface area contributed by atoms with Crippen molar-refractivity contribution in [2.75, 3.05) is 6.61 Å². The average Bonchev–Trinajstić information content (AvgIpc) is 3.25. The third-order valence-corrected chi connectivity index (χ3v) is 3.61. The van der Waals surface area contributed by atoms with Crippen molar-refractivity contribution in [1.82, 2.24) is 20.2 Å². The van der Waals surface area contributed by atoms with Crippen LogP contribution in [0.2, 0.25) is 5.15 Å². The summed E-state index contributed by atoms with van der Waals surface area (Å²) in [6.45, 7) is -0.442. The highest BCUT2D eigenvalue weighted by Gasteiger charge is 2.43. The molecule has 116 valence electrons. The highest BCUT2D eigenvalue weighted by molar-refractivity contribution is 6.30. The van der Waals surface area contributed by atoms with E-state index in [1.165, 1.54) is 6.20 Å². The van der Waals surface area contributed by atoms with E-state index in [0.29, 0.717) is 12.0 Å². The Morgan fingerprint density at radius 2 is 2.18 bits per heavy atom. The van der Waals surface area contributed by atoms with Gasteiger partial charge in [-0.25, -0.2) is 9.97 Å². The first-order valence-electron chi connectivity index (χ1n) is 7.29. The maximum absolute atomic E-state index is 12.1. The van der Waals surface area contributed by atoms with Crippen molar-refractivity contribution < 1.29 is 20.6 Å². The fourth-order valence-corrected chi connectivity index (χ4v) is 2.39. The van der Waals surface area contributed by atoms with Crippen LogP contribution in [0.3, 0.4) is 0 Å². The van der Waals surface area contributed by atoms with E-state index >= 15 is 0 Å². The number of alkyl halides is 3. The molecule has 0 N–H and O–H groups in total. The molecule has 5 nitrogen and oxygen atoms in total. The summed E-state index contributed by atoms with van der Waals surface area (Å²) in [5, 5.41) is 7.76. The molecule has 2 heterocycles. The van der Waals surface area contributed by atoms with Crippen LogP contribution in [0.1, 0.15) is 20.6 Å². The minimum absolute atomic E-state index is 0.0998. The third-order valence-electron chi connectivity index (χ3n) is 3.31. The van der Waals surface area contributed by atoms with Crippen molar-refractivity contribution in [3.05, 3.63) is 35.5 Å². The standard InChI is InChI=1S/C13H10ClF3N4O/c14-12-10(9-1-7(9)5-22-13(15,16)17)2-11(20-21-12)8-3-18-6-19-4-8/h2-4,6-7,9H,1,5H2/t7-,9+/m0/s1/i3D,6D. The molecule has 2 aromatic heterocycles. The smallest absolute Gasteiger partial charge is 0.292 e. The first kappa shape index (κ1) is 12.7. The zero-order valence-electron chi connectivity index (χ0n) is 12.9. The molecular formula is C13H10ClF3N4O. The van der Waals surface area contributed by atoms with Crippen LogP contribution in [0.15, 0.2) is 24.7 Å². The van der Waals surface area contributed by atoms with E-state index in [-0.39, 0.29) is 40.7 Å². The minimum Gasteiger partial charge on any atom is -0.292 e. The predicted molar refractivity (Wildman–Crippen MR) is 70.9 cm³/mol. The molecule has 1 aliphatic carbocycles. The Morgan fingerprint density at radius 3 is 2.91 bits per heavy atom. The minimum atomic E-state index is -4.66. The lowest BCUT2D eigenvalue weighted by molar-refractivity contribution is -0.326. The molecular weight excluding hydrogens is 321 g/mol. The van der Waals surface area contributed by atoms with Crippen LogP contribution in [-0.4, -0.2) is 33.1 Å². The van der Waals surface area contributed by atoms with Crippen LogP contribution in [0, 0.1) is 5.92 Å². The Balaban J connectivity index is 1.81. The van der Waals surface area contributed by atoms with Crippen LogP contribution in [0.25, 0.3) is 11.3 Å². The third kappa shape index (κ3) is 3.50. The van der Waals surface area contributed by atoms with Gasteiger partial charge in [-0.15, -0.1) is 23.4 Å². The number of ether oxygens (including phenoxy) is 1. The van der Waals surface area contributed by atoms with Crippen molar-refractivity contribution in [2.45, 2.75) is 18.7 Å². The van der Waals surface area contributed by atoms with Gasteiger partial charge in [0.15, 0.2) is 5.15 Å². The lowest BCUT2D eigenvalue weighted by atomic mass is 10.1. The largest absolute Gasteiger partial charge is 0.522 e. The van der Waals surface area contributed by atoms with Gasteiger partial charge in [0.2, 0.25) is 0 Å². The van der Waals surface area contributed by atoms with Gasteiger partial charge in [-0.2, -0.15) is 0 Å². The zero-order chi connectivity index (χ0) is 17.5. The summed E-state index contributed by atoms with van der Waals surface area (Å²) < 4.78 is 55.1. The van der Waals surface area contributed by atoms with Crippen molar-refractivity contribution in [3.63, 3.8) is 0 Å². The first-order chi connectivity index (χ1) is 11.2. The molecule has 0 spiro atoms. The fourth-order valence-electron chi connectivity index (χ4n) is 2.16. The highest BCUT2D eigenvalue weighted by Crippen LogP contribution is 2.50. The quantitative estimate of drug-likeness (QED) is 0.860. The summed E-state index contributed by atoms with van der Waals surface area (Å²) in [7, 11) is 0. The second-order valence-corrected chi connectivity index (χ2v) is 5.19. The van der Waals surface area contributed by atoms with E-state index in [4.69, 9.17) is 14.3 Å². The van der Waals surface area contributed by atoms with E-state index in [9.17, 15) is 13.2 Å². The maximum Gasteiger partial charge on any atom is 0.522 e. The molecule has 9 heteroatoms. The summed E-state index contributed by atoms with van der Waals surface area (Å²) >= 11 is 5.99. The van der Waals surface area contributed by atoms with Crippen molar-refractivity contribution in [1.29, 1.82) is 0 Å². The molecule has 0 saturated heterocycles. The molecule has 0 unspecified atom stereocenters. The van der Waals surface area contributed by atoms with E-state index in [0.717, 1.165) is 0 Å². The van der Waals surface area contributed by atoms with Gasteiger partial charge in [0.05, 0.1) is 13.7 Å². The highest BCUT2D eigenvalue weighted by atomic mass is 35.5. The average molecular weight is 333 g/mol. The molecule has 0 aromatic carbocycles.